The Morgan fingerprint density at radius 1 is 1.33 bits per heavy atom. The van der Waals surface area contributed by atoms with Gasteiger partial charge in [-0.15, -0.1) is 0 Å². The van der Waals surface area contributed by atoms with E-state index in [1.165, 1.54) is 19.3 Å². The number of pyridine rings is 1. The lowest BCUT2D eigenvalue weighted by molar-refractivity contribution is 0.0524. The van der Waals surface area contributed by atoms with Crippen molar-refractivity contribution in [3.63, 3.8) is 0 Å². The first-order valence-electron chi connectivity index (χ1n) is 8.60. The molecule has 1 heterocycles. The average Bonchev–Trinajstić information content (AvgIpc) is 3.18. The van der Waals surface area contributed by atoms with Crippen molar-refractivity contribution in [1.29, 1.82) is 0 Å². The Morgan fingerprint density at radius 2 is 2.17 bits per heavy atom. The van der Waals surface area contributed by atoms with Gasteiger partial charge >= 0.3 is 5.97 Å². The third-order valence-corrected chi connectivity index (χ3v) is 6.22. The molecule has 0 amide bonds. The second-order valence-corrected chi connectivity index (χ2v) is 8.15. The molecule has 0 N–H and O–H groups in total. The fraction of sp³-hybridized carbons (Fsp3) is 0.474. The molecule has 0 radical (unpaired) electrons. The van der Waals surface area contributed by atoms with E-state index in [0.717, 1.165) is 21.4 Å². The number of hydrogen-bond donors (Lipinski definition) is 0. The summed E-state index contributed by atoms with van der Waals surface area (Å²) in [6.45, 7) is 2.03. The van der Waals surface area contributed by atoms with Crippen LogP contribution in [-0.4, -0.2) is 17.1 Å². The number of halogens is 1. The quantitative estimate of drug-likeness (QED) is 0.536. The molecule has 2 saturated carbocycles. The number of hydrogen-bond acceptors (Lipinski definition) is 3. The maximum absolute atomic E-state index is 12.8. The van der Waals surface area contributed by atoms with Crippen molar-refractivity contribution < 1.29 is 9.53 Å². The van der Waals surface area contributed by atoms with Crippen LogP contribution in [0, 0.1) is 15.4 Å². The van der Waals surface area contributed by atoms with E-state index in [1.807, 2.05) is 12.1 Å². The van der Waals surface area contributed by atoms with Crippen LogP contribution in [0.2, 0.25) is 0 Å². The molecule has 2 aliphatic carbocycles. The molecule has 3 unspecified atom stereocenters. The second-order valence-electron chi connectivity index (χ2n) is 6.90. The molecular formula is C19H20INO3. The predicted octanol–water partition coefficient (Wildman–Crippen LogP) is 4.14. The van der Waals surface area contributed by atoms with Crippen LogP contribution in [0.5, 0.6) is 0 Å². The summed E-state index contributed by atoms with van der Waals surface area (Å²) < 4.78 is 8.39. The Bertz CT molecular complexity index is 873. The minimum absolute atomic E-state index is 0.160. The van der Waals surface area contributed by atoms with Crippen LogP contribution >= 0.6 is 22.6 Å². The molecule has 0 spiro atoms. The van der Waals surface area contributed by atoms with Crippen LogP contribution in [0.3, 0.4) is 0 Å². The van der Waals surface area contributed by atoms with Crippen molar-refractivity contribution >= 4 is 39.5 Å². The van der Waals surface area contributed by atoms with Crippen molar-refractivity contribution in [2.45, 2.75) is 38.6 Å². The maximum atomic E-state index is 12.8. The zero-order valence-electron chi connectivity index (χ0n) is 13.6. The molecule has 0 aliphatic heterocycles. The number of aromatic nitrogens is 1. The lowest BCUT2D eigenvalue weighted by Crippen LogP contribution is -2.24. The van der Waals surface area contributed by atoms with Gasteiger partial charge in [-0.1, -0.05) is 6.42 Å². The van der Waals surface area contributed by atoms with E-state index >= 15 is 0 Å². The lowest BCUT2D eigenvalue weighted by Gasteiger charge is -2.27. The summed E-state index contributed by atoms with van der Waals surface area (Å²) in [5, 5.41) is 0.615. The van der Waals surface area contributed by atoms with Gasteiger partial charge < -0.3 is 9.30 Å². The molecule has 1 aromatic carbocycles. The standard InChI is InChI=1S/C19H20INO3/c1-2-24-19(23)15-10-21(16-8-11-3-4-12(16)7-11)17-9-13(20)5-6-14(17)18(15)22/h5-6,9-12,16H,2-4,7-8H2,1H3. The Balaban J connectivity index is 1.93. The Labute approximate surface area is 154 Å². The van der Waals surface area contributed by atoms with Gasteiger partial charge in [0.25, 0.3) is 0 Å². The number of rotatable bonds is 3. The Morgan fingerprint density at radius 3 is 2.83 bits per heavy atom. The van der Waals surface area contributed by atoms with Gasteiger partial charge in [0.2, 0.25) is 5.43 Å². The van der Waals surface area contributed by atoms with Gasteiger partial charge in [0.05, 0.1) is 12.1 Å². The van der Waals surface area contributed by atoms with Crippen molar-refractivity contribution in [3.05, 3.63) is 43.8 Å². The normalized spacial score (nSPS) is 25.3. The smallest absolute Gasteiger partial charge is 0.343 e. The third kappa shape index (κ3) is 2.57. The van der Waals surface area contributed by atoms with Crippen LogP contribution in [-0.2, 0) is 4.74 Å². The van der Waals surface area contributed by atoms with E-state index in [0.29, 0.717) is 17.3 Å². The van der Waals surface area contributed by atoms with Crippen LogP contribution in [0.25, 0.3) is 10.9 Å². The Hall–Kier alpha value is -1.37. The van der Waals surface area contributed by atoms with E-state index in [2.05, 4.69) is 33.2 Å². The number of carbonyl (C=O) groups is 1. The molecule has 2 fully saturated rings. The molecule has 126 valence electrons. The van der Waals surface area contributed by atoms with Gasteiger partial charge in [-0.3, -0.25) is 4.79 Å². The summed E-state index contributed by atoms with van der Waals surface area (Å²) in [4.78, 5) is 25.0. The molecule has 5 heteroatoms. The first-order valence-corrected chi connectivity index (χ1v) is 9.68. The van der Waals surface area contributed by atoms with E-state index in [4.69, 9.17) is 4.74 Å². The van der Waals surface area contributed by atoms with Crippen molar-refractivity contribution in [1.82, 2.24) is 4.57 Å². The highest BCUT2D eigenvalue weighted by molar-refractivity contribution is 14.1. The van der Waals surface area contributed by atoms with E-state index < -0.39 is 5.97 Å². The molecule has 2 aromatic rings. The maximum Gasteiger partial charge on any atom is 0.343 e. The number of fused-ring (bicyclic) bond motifs is 3. The first kappa shape index (κ1) is 16.1. The molecule has 2 aliphatic rings. The molecule has 3 atom stereocenters. The van der Waals surface area contributed by atoms with Crippen molar-refractivity contribution in [3.8, 4) is 0 Å². The minimum atomic E-state index is -0.514. The zero-order valence-corrected chi connectivity index (χ0v) is 15.8. The summed E-state index contributed by atoms with van der Waals surface area (Å²) >= 11 is 2.27. The Kier molecular flexibility index (Phi) is 4.14. The van der Waals surface area contributed by atoms with Gasteiger partial charge in [-0.2, -0.15) is 0 Å². The number of carbonyl (C=O) groups excluding carboxylic acids is 1. The summed E-state index contributed by atoms with van der Waals surface area (Å²) in [6, 6.07) is 6.20. The van der Waals surface area contributed by atoms with Crippen LogP contribution in [0.1, 0.15) is 49.0 Å². The molecule has 24 heavy (non-hydrogen) atoms. The number of esters is 1. The summed E-state index contributed by atoms with van der Waals surface area (Å²) in [5.41, 5.74) is 0.880. The summed E-state index contributed by atoms with van der Waals surface area (Å²) in [5.74, 6) is 0.941. The topological polar surface area (TPSA) is 48.3 Å². The molecule has 1 aromatic heterocycles. The lowest BCUT2D eigenvalue weighted by atomic mass is 9.94. The van der Waals surface area contributed by atoms with Crippen LogP contribution in [0.4, 0.5) is 0 Å². The van der Waals surface area contributed by atoms with Crippen molar-refractivity contribution in [2.24, 2.45) is 11.8 Å². The van der Waals surface area contributed by atoms with Crippen molar-refractivity contribution in [2.75, 3.05) is 6.61 Å². The number of nitrogens with zero attached hydrogens (tertiary/aromatic N) is 1. The highest BCUT2D eigenvalue weighted by atomic mass is 127. The van der Waals surface area contributed by atoms with E-state index in [9.17, 15) is 9.59 Å². The second kappa shape index (κ2) is 6.17. The first-order chi connectivity index (χ1) is 11.6. The summed E-state index contributed by atoms with van der Waals surface area (Å²) in [6.07, 6.45) is 6.75. The monoisotopic (exact) mass is 437 g/mol. The number of benzene rings is 1. The van der Waals surface area contributed by atoms with Crippen LogP contribution < -0.4 is 5.43 Å². The molecule has 2 bridgehead atoms. The minimum Gasteiger partial charge on any atom is -0.462 e. The average molecular weight is 437 g/mol. The highest BCUT2D eigenvalue weighted by Crippen LogP contribution is 2.51. The zero-order chi connectivity index (χ0) is 16.8. The molecule has 4 rings (SSSR count). The van der Waals surface area contributed by atoms with Gasteiger partial charge in [0, 0.05) is 21.2 Å². The molecular weight excluding hydrogens is 417 g/mol. The van der Waals surface area contributed by atoms with Gasteiger partial charge in [0.1, 0.15) is 5.56 Å². The number of ether oxygens (including phenoxy) is 1. The third-order valence-electron chi connectivity index (χ3n) is 5.55. The SMILES string of the molecule is CCOC(=O)c1cn(C2CC3CCC2C3)c2cc(I)ccc2c1=O. The highest BCUT2D eigenvalue weighted by Gasteiger charge is 2.40. The van der Waals surface area contributed by atoms with E-state index in [-0.39, 0.29) is 17.6 Å². The summed E-state index contributed by atoms with van der Waals surface area (Å²) in [7, 11) is 0. The fourth-order valence-electron chi connectivity index (χ4n) is 4.50. The van der Waals surface area contributed by atoms with Crippen LogP contribution in [0.15, 0.2) is 29.2 Å². The molecule has 0 saturated heterocycles. The van der Waals surface area contributed by atoms with Gasteiger partial charge in [-0.25, -0.2) is 4.79 Å². The van der Waals surface area contributed by atoms with Gasteiger partial charge in [0.15, 0.2) is 0 Å². The molecule has 4 nitrogen and oxygen atoms in total. The van der Waals surface area contributed by atoms with Gasteiger partial charge in [-0.05, 0) is 78.8 Å². The van der Waals surface area contributed by atoms with E-state index in [1.54, 1.807) is 13.1 Å². The largest absolute Gasteiger partial charge is 0.462 e. The fourth-order valence-corrected chi connectivity index (χ4v) is 4.98. The predicted molar refractivity (Wildman–Crippen MR) is 101 cm³/mol.